The van der Waals surface area contributed by atoms with Gasteiger partial charge >= 0.3 is 0 Å². The van der Waals surface area contributed by atoms with E-state index in [9.17, 15) is 4.39 Å². The second kappa shape index (κ2) is 5.12. The van der Waals surface area contributed by atoms with Crippen LogP contribution in [0, 0.1) is 5.82 Å². The number of thiophene rings is 1. The smallest absolute Gasteiger partial charge is 0.178 e. The largest absolute Gasteiger partial charge is 0.483 e. The molecule has 90 valence electrons. The molecule has 0 saturated heterocycles. The molecular weight excluding hydrogens is 284 g/mol. The molecule has 1 heterocycles. The van der Waals surface area contributed by atoms with Gasteiger partial charge in [0.15, 0.2) is 11.6 Å². The van der Waals surface area contributed by atoms with Crippen LogP contribution in [-0.4, -0.2) is 0 Å². The maximum atomic E-state index is 13.5. The van der Waals surface area contributed by atoms with Gasteiger partial charge in [-0.3, -0.25) is 0 Å². The van der Waals surface area contributed by atoms with E-state index in [4.69, 9.17) is 33.7 Å². The van der Waals surface area contributed by atoms with Crippen molar-refractivity contribution in [3.8, 4) is 5.75 Å². The second-order valence-corrected chi connectivity index (χ2v) is 5.54. The number of hydrogen-bond acceptors (Lipinski definition) is 3. The summed E-state index contributed by atoms with van der Waals surface area (Å²) in [5.41, 5.74) is 5.80. The van der Waals surface area contributed by atoms with Crippen LogP contribution in [0.1, 0.15) is 4.88 Å². The summed E-state index contributed by atoms with van der Waals surface area (Å²) in [6, 6.07) is 6.18. The van der Waals surface area contributed by atoms with E-state index >= 15 is 0 Å². The highest BCUT2D eigenvalue weighted by atomic mass is 35.5. The predicted molar refractivity (Wildman–Crippen MR) is 69.5 cm³/mol. The Morgan fingerprint density at radius 2 is 2.06 bits per heavy atom. The summed E-state index contributed by atoms with van der Waals surface area (Å²) in [5, 5.41) is 0.242. The van der Waals surface area contributed by atoms with Gasteiger partial charge in [0.1, 0.15) is 6.61 Å². The molecule has 0 radical (unpaired) electrons. The Hall–Kier alpha value is -0.970. The molecule has 2 N–H and O–H groups in total. The van der Waals surface area contributed by atoms with E-state index in [1.165, 1.54) is 17.4 Å². The maximum Gasteiger partial charge on any atom is 0.178 e. The zero-order valence-corrected chi connectivity index (χ0v) is 10.9. The summed E-state index contributed by atoms with van der Waals surface area (Å²) in [6.07, 6.45) is 0. The van der Waals surface area contributed by atoms with E-state index in [1.807, 2.05) is 6.07 Å². The van der Waals surface area contributed by atoms with Crippen molar-refractivity contribution in [2.45, 2.75) is 6.61 Å². The highest BCUT2D eigenvalue weighted by molar-refractivity contribution is 7.16. The molecule has 0 atom stereocenters. The topological polar surface area (TPSA) is 35.2 Å². The van der Waals surface area contributed by atoms with Gasteiger partial charge in [0, 0.05) is 9.90 Å². The molecular formula is C11H8Cl2FNOS. The van der Waals surface area contributed by atoms with Crippen LogP contribution >= 0.6 is 34.5 Å². The number of hydrogen-bond donors (Lipinski definition) is 1. The van der Waals surface area contributed by atoms with Gasteiger partial charge in [-0.2, -0.15) is 0 Å². The van der Waals surface area contributed by atoms with Crippen LogP contribution in [0.15, 0.2) is 24.3 Å². The third kappa shape index (κ3) is 3.03. The monoisotopic (exact) mass is 291 g/mol. The molecule has 1 aromatic heterocycles. The molecule has 2 nitrogen and oxygen atoms in total. The third-order valence-electron chi connectivity index (χ3n) is 2.02. The summed E-state index contributed by atoms with van der Waals surface area (Å²) in [7, 11) is 0. The average molecular weight is 292 g/mol. The maximum absolute atomic E-state index is 13.5. The van der Waals surface area contributed by atoms with E-state index in [2.05, 4.69) is 0 Å². The zero-order chi connectivity index (χ0) is 12.4. The molecule has 6 heteroatoms. The summed E-state index contributed by atoms with van der Waals surface area (Å²) >= 11 is 12.8. The first-order valence-electron chi connectivity index (χ1n) is 4.68. The molecule has 0 spiro atoms. The fourth-order valence-electron chi connectivity index (χ4n) is 1.31. The van der Waals surface area contributed by atoms with Crippen LogP contribution in [0.25, 0.3) is 0 Å². The first-order chi connectivity index (χ1) is 8.06. The third-order valence-corrected chi connectivity index (χ3v) is 3.45. The van der Waals surface area contributed by atoms with Crippen molar-refractivity contribution in [3.63, 3.8) is 0 Å². The molecule has 2 rings (SSSR count). The fourth-order valence-corrected chi connectivity index (χ4v) is 2.52. The quantitative estimate of drug-likeness (QED) is 0.853. The molecule has 0 amide bonds. The van der Waals surface area contributed by atoms with E-state index < -0.39 is 5.82 Å². The van der Waals surface area contributed by atoms with Gasteiger partial charge in [0.25, 0.3) is 0 Å². The minimum absolute atomic E-state index is 0.0129. The highest BCUT2D eigenvalue weighted by Gasteiger charge is 2.10. The van der Waals surface area contributed by atoms with Crippen LogP contribution in [0.5, 0.6) is 5.75 Å². The van der Waals surface area contributed by atoms with Crippen LogP contribution < -0.4 is 10.5 Å². The number of nitrogen functional groups attached to an aromatic ring is 1. The van der Waals surface area contributed by atoms with Crippen molar-refractivity contribution in [1.82, 2.24) is 0 Å². The molecule has 0 bridgehead atoms. The van der Waals surface area contributed by atoms with E-state index in [-0.39, 0.29) is 23.1 Å². The van der Waals surface area contributed by atoms with Gasteiger partial charge in [-0.05, 0) is 24.3 Å². The van der Waals surface area contributed by atoms with Crippen molar-refractivity contribution >= 4 is 40.2 Å². The van der Waals surface area contributed by atoms with Gasteiger partial charge in [-0.1, -0.05) is 23.2 Å². The van der Waals surface area contributed by atoms with E-state index in [0.717, 1.165) is 10.9 Å². The summed E-state index contributed by atoms with van der Waals surface area (Å²) in [6.45, 7) is 0.222. The SMILES string of the molecule is Nc1cc(Cl)cc(F)c1OCc1ccc(Cl)s1. The molecule has 0 aliphatic carbocycles. The van der Waals surface area contributed by atoms with Crippen LogP contribution in [0.3, 0.4) is 0 Å². The number of halogens is 3. The lowest BCUT2D eigenvalue weighted by atomic mass is 10.3. The lowest BCUT2D eigenvalue weighted by molar-refractivity contribution is 0.295. The average Bonchev–Trinajstić information content (AvgIpc) is 2.62. The number of anilines is 1. The lowest BCUT2D eigenvalue weighted by Gasteiger charge is -2.09. The molecule has 2 aromatic rings. The van der Waals surface area contributed by atoms with Crippen LogP contribution in [0.4, 0.5) is 10.1 Å². The first kappa shape index (κ1) is 12.5. The van der Waals surface area contributed by atoms with Gasteiger partial charge in [-0.25, -0.2) is 4.39 Å². The Balaban J connectivity index is 2.14. The molecule has 0 unspecified atom stereocenters. The molecule has 0 aliphatic heterocycles. The van der Waals surface area contributed by atoms with E-state index in [1.54, 1.807) is 6.07 Å². The number of nitrogens with two attached hydrogens (primary N) is 1. The van der Waals surface area contributed by atoms with Crippen molar-refractivity contribution in [3.05, 3.63) is 44.3 Å². The summed E-state index contributed by atoms with van der Waals surface area (Å²) < 4.78 is 19.5. The molecule has 1 aromatic carbocycles. The lowest BCUT2D eigenvalue weighted by Crippen LogP contribution is -2.00. The first-order valence-corrected chi connectivity index (χ1v) is 6.25. The van der Waals surface area contributed by atoms with E-state index in [0.29, 0.717) is 4.34 Å². The molecule has 0 saturated carbocycles. The Bertz CT molecular complexity index is 521. The minimum atomic E-state index is -0.572. The Morgan fingerprint density at radius 1 is 1.29 bits per heavy atom. The highest BCUT2D eigenvalue weighted by Crippen LogP contribution is 2.30. The Labute approximate surface area is 112 Å². The molecule has 17 heavy (non-hydrogen) atoms. The standard InChI is InChI=1S/C11H8Cl2FNOS/c12-6-3-8(14)11(9(15)4-6)16-5-7-1-2-10(13)17-7/h1-4H,5,15H2. The van der Waals surface area contributed by atoms with Crippen molar-refractivity contribution in [1.29, 1.82) is 0 Å². The van der Waals surface area contributed by atoms with Gasteiger partial charge in [0.05, 0.1) is 10.0 Å². The summed E-state index contributed by atoms with van der Waals surface area (Å²) in [5.74, 6) is -0.559. The fraction of sp³-hybridized carbons (Fsp3) is 0.0909. The van der Waals surface area contributed by atoms with Gasteiger partial charge in [0.2, 0.25) is 0 Å². The van der Waals surface area contributed by atoms with Gasteiger partial charge < -0.3 is 10.5 Å². The Kier molecular flexibility index (Phi) is 3.76. The van der Waals surface area contributed by atoms with Crippen molar-refractivity contribution in [2.75, 3.05) is 5.73 Å². The minimum Gasteiger partial charge on any atom is -0.483 e. The number of rotatable bonds is 3. The second-order valence-electron chi connectivity index (χ2n) is 3.30. The van der Waals surface area contributed by atoms with Crippen molar-refractivity contribution < 1.29 is 9.13 Å². The summed E-state index contributed by atoms with van der Waals surface area (Å²) in [4.78, 5) is 0.892. The Morgan fingerprint density at radius 3 is 2.65 bits per heavy atom. The zero-order valence-electron chi connectivity index (χ0n) is 8.54. The predicted octanol–water partition coefficient (Wildman–Crippen LogP) is 4.36. The molecule has 0 aliphatic rings. The normalized spacial score (nSPS) is 10.5. The van der Waals surface area contributed by atoms with Crippen LogP contribution in [0.2, 0.25) is 9.36 Å². The van der Waals surface area contributed by atoms with Gasteiger partial charge in [-0.15, -0.1) is 11.3 Å². The number of benzene rings is 1. The number of ether oxygens (including phenoxy) is 1. The molecule has 0 fully saturated rings. The van der Waals surface area contributed by atoms with Crippen molar-refractivity contribution in [2.24, 2.45) is 0 Å². The van der Waals surface area contributed by atoms with Crippen LogP contribution in [-0.2, 0) is 6.61 Å².